The molecule has 0 aromatic heterocycles. The third-order valence-electron chi connectivity index (χ3n) is 4.73. The predicted octanol–water partition coefficient (Wildman–Crippen LogP) is 3.96. The van der Waals surface area contributed by atoms with Crippen molar-refractivity contribution >= 4 is 17.8 Å². The number of hydrogen-bond donors (Lipinski definition) is 0. The summed E-state index contributed by atoms with van der Waals surface area (Å²) in [5.74, 6) is 0. The van der Waals surface area contributed by atoms with Gasteiger partial charge in [0.05, 0.1) is 0 Å². The summed E-state index contributed by atoms with van der Waals surface area (Å²) < 4.78 is 0. The first-order chi connectivity index (χ1) is 12.8. The van der Waals surface area contributed by atoms with Crippen LogP contribution in [0.2, 0.25) is 0 Å². The molecule has 3 rings (SSSR count). The molecule has 2 amide bonds. The molecule has 1 saturated heterocycles. The molecule has 2 aromatic rings. The van der Waals surface area contributed by atoms with Crippen molar-refractivity contribution in [3.05, 3.63) is 72.3 Å². The van der Waals surface area contributed by atoms with Crippen LogP contribution in [0.3, 0.4) is 0 Å². The monoisotopic (exact) mass is 349 g/mol. The molecule has 0 unspecified atom stereocenters. The van der Waals surface area contributed by atoms with Gasteiger partial charge in [0.25, 0.3) is 0 Å². The number of carbonyl (C=O) groups is 1. The number of nitrogens with zero attached hydrogens (tertiary/aromatic N) is 3. The minimum absolute atomic E-state index is 0.109. The van der Waals surface area contributed by atoms with Gasteiger partial charge in [-0.25, -0.2) is 4.79 Å². The number of para-hydroxylation sites is 1. The van der Waals surface area contributed by atoms with E-state index >= 15 is 0 Å². The van der Waals surface area contributed by atoms with Crippen LogP contribution in [0.1, 0.15) is 12.5 Å². The molecule has 1 aliphatic heterocycles. The van der Waals surface area contributed by atoms with Crippen molar-refractivity contribution in [2.24, 2.45) is 0 Å². The molecule has 0 radical (unpaired) electrons. The van der Waals surface area contributed by atoms with Gasteiger partial charge in [-0.15, -0.1) is 0 Å². The molecular formula is C22H27N3O. The molecule has 136 valence electrons. The predicted molar refractivity (Wildman–Crippen MR) is 108 cm³/mol. The Bertz CT molecular complexity index is 707. The van der Waals surface area contributed by atoms with Gasteiger partial charge in [-0.2, -0.15) is 0 Å². The Hall–Kier alpha value is -2.59. The Morgan fingerprint density at radius 1 is 0.962 bits per heavy atom. The first-order valence-corrected chi connectivity index (χ1v) is 9.33. The lowest BCUT2D eigenvalue weighted by atomic mass is 10.2. The minimum atomic E-state index is 0.109. The molecule has 4 nitrogen and oxygen atoms in total. The first kappa shape index (κ1) is 18.2. The summed E-state index contributed by atoms with van der Waals surface area (Å²) >= 11 is 0. The van der Waals surface area contributed by atoms with Crippen molar-refractivity contribution < 1.29 is 4.79 Å². The number of hydrogen-bond acceptors (Lipinski definition) is 2. The Labute approximate surface area is 156 Å². The number of piperazine rings is 1. The number of rotatable bonds is 5. The molecular weight excluding hydrogens is 322 g/mol. The van der Waals surface area contributed by atoms with Gasteiger partial charge in [-0.1, -0.05) is 60.7 Å². The summed E-state index contributed by atoms with van der Waals surface area (Å²) in [5.41, 5.74) is 2.19. The molecule has 0 saturated carbocycles. The topological polar surface area (TPSA) is 26.8 Å². The number of carbonyl (C=O) groups excluding carboxylic acids is 1. The SMILES string of the molecule is CCN(C(=O)N1CCN(C/C=C/c2ccccc2)CC1)c1ccccc1. The molecule has 1 heterocycles. The van der Waals surface area contributed by atoms with Crippen molar-refractivity contribution in [3.8, 4) is 0 Å². The van der Waals surface area contributed by atoms with E-state index in [1.54, 1.807) is 0 Å². The van der Waals surface area contributed by atoms with Crippen molar-refractivity contribution in [1.29, 1.82) is 0 Å². The van der Waals surface area contributed by atoms with Crippen molar-refractivity contribution in [1.82, 2.24) is 9.80 Å². The zero-order chi connectivity index (χ0) is 18.2. The second kappa shape index (κ2) is 9.20. The Morgan fingerprint density at radius 2 is 1.58 bits per heavy atom. The zero-order valence-corrected chi connectivity index (χ0v) is 15.4. The summed E-state index contributed by atoms with van der Waals surface area (Å²) in [7, 11) is 0. The molecule has 0 N–H and O–H groups in total. The fourth-order valence-electron chi connectivity index (χ4n) is 3.23. The van der Waals surface area contributed by atoms with Gasteiger partial charge in [-0.05, 0) is 24.6 Å². The van der Waals surface area contributed by atoms with Gasteiger partial charge in [-0.3, -0.25) is 9.80 Å². The van der Waals surface area contributed by atoms with Crippen LogP contribution < -0.4 is 4.90 Å². The zero-order valence-electron chi connectivity index (χ0n) is 15.4. The third-order valence-corrected chi connectivity index (χ3v) is 4.73. The molecule has 4 heteroatoms. The highest BCUT2D eigenvalue weighted by Gasteiger charge is 2.24. The van der Waals surface area contributed by atoms with Crippen LogP contribution in [-0.2, 0) is 0 Å². The van der Waals surface area contributed by atoms with Gasteiger partial charge in [0.2, 0.25) is 0 Å². The maximum Gasteiger partial charge on any atom is 0.324 e. The van der Waals surface area contributed by atoms with E-state index in [1.165, 1.54) is 5.56 Å². The minimum Gasteiger partial charge on any atom is -0.322 e. The van der Waals surface area contributed by atoms with E-state index in [1.807, 2.05) is 53.1 Å². The fourth-order valence-corrected chi connectivity index (χ4v) is 3.23. The Morgan fingerprint density at radius 3 is 2.19 bits per heavy atom. The summed E-state index contributed by atoms with van der Waals surface area (Å²) in [6, 6.07) is 20.4. The number of amides is 2. The highest BCUT2D eigenvalue weighted by molar-refractivity contribution is 5.92. The molecule has 0 atom stereocenters. The molecule has 2 aromatic carbocycles. The van der Waals surface area contributed by atoms with E-state index in [0.717, 1.165) is 38.4 Å². The number of urea groups is 1. The standard InChI is InChI=1S/C22H27N3O/c1-2-25(21-13-7-4-8-14-21)22(26)24-18-16-23(17-19-24)15-9-12-20-10-5-3-6-11-20/h3-14H,2,15-19H2,1H3/b12-9+. The Balaban J connectivity index is 1.50. The van der Waals surface area contributed by atoms with Crippen molar-refractivity contribution in [2.75, 3.05) is 44.2 Å². The maximum atomic E-state index is 12.9. The quantitative estimate of drug-likeness (QED) is 0.817. The van der Waals surface area contributed by atoms with Crippen molar-refractivity contribution in [3.63, 3.8) is 0 Å². The van der Waals surface area contributed by atoms with Gasteiger partial charge in [0.1, 0.15) is 0 Å². The number of benzene rings is 2. The molecule has 0 aliphatic carbocycles. The summed E-state index contributed by atoms with van der Waals surface area (Å²) in [4.78, 5) is 19.1. The molecule has 1 aliphatic rings. The first-order valence-electron chi connectivity index (χ1n) is 9.33. The summed E-state index contributed by atoms with van der Waals surface area (Å²) in [6.07, 6.45) is 4.36. The van der Waals surface area contributed by atoms with Gasteiger partial charge < -0.3 is 4.90 Å². The highest BCUT2D eigenvalue weighted by atomic mass is 16.2. The normalized spacial score (nSPS) is 15.3. The van der Waals surface area contributed by atoms with Crippen LogP contribution in [0, 0.1) is 0 Å². The smallest absolute Gasteiger partial charge is 0.322 e. The number of anilines is 1. The van der Waals surface area contributed by atoms with Crippen molar-refractivity contribution in [2.45, 2.75) is 6.92 Å². The highest BCUT2D eigenvalue weighted by Crippen LogP contribution is 2.16. The van der Waals surface area contributed by atoms with Crippen LogP contribution >= 0.6 is 0 Å². The second-order valence-electron chi connectivity index (χ2n) is 6.46. The lowest BCUT2D eigenvalue weighted by Gasteiger charge is -2.37. The lowest BCUT2D eigenvalue weighted by Crippen LogP contribution is -2.53. The molecule has 26 heavy (non-hydrogen) atoms. The van der Waals surface area contributed by atoms with E-state index in [4.69, 9.17) is 0 Å². The molecule has 1 fully saturated rings. The van der Waals surface area contributed by atoms with Gasteiger partial charge in [0, 0.05) is 45.0 Å². The van der Waals surface area contributed by atoms with E-state index in [-0.39, 0.29) is 6.03 Å². The molecule has 0 bridgehead atoms. The van der Waals surface area contributed by atoms with Gasteiger partial charge >= 0.3 is 6.03 Å². The summed E-state index contributed by atoms with van der Waals surface area (Å²) in [6.45, 7) is 7.02. The third kappa shape index (κ3) is 4.73. The van der Waals surface area contributed by atoms with Crippen LogP contribution in [0.15, 0.2) is 66.7 Å². The maximum absolute atomic E-state index is 12.9. The van der Waals surface area contributed by atoms with E-state index < -0.39 is 0 Å². The average molecular weight is 349 g/mol. The van der Waals surface area contributed by atoms with E-state index in [9.17, 15) is 4.79 Å². The Kier molecular flexibility index (Phi) is 6.45. The van der Waals surface area contributed by atoms with E-state index in [2.05, 4.69) is 41.3 Å². The van der Waals surface area contributed by atoms with E-state index in [0.29, 0.717) is 6.54 Å². The van der Waals surface area contributed by atoms with Crippen LogP contribution in [0.5, 0.6) is 0 Å². The largest absolute Gasteiger partial charge is 0.324 e. The average Bonchev–Trinajstić information content (AvgIpc) is 2.71. The fraction of sp³-hybridized carbons (Fsp3) is 0.318. The lowest BCUT2D eigenvalue weighted by molar-refractivity contribution is 0.151. The van der Waals surface area contributed by atoms with Gasteiger partial charge in [0.15, 0.2) is 0 Å². The van der Waals surface area contributed by atoms with Crippen LogP contribution in [0.4, 0.5) is 10.5 Å². The summed E-state index contributed by atoms with van der Waals surface area (Å²) in [5, 5.41) is 0. The molecule has 0 spiro atoms. The second-order valence-corrected chi connectivity index (χ2v) is 6.46. The van der Waals surface area contributed by atoms with Crippen LogP contribution in [0.25, 0.3) is 6.08 Å². The van der Waals surface area contributed by atoms with Crippen LogP contribution in [-0.4, -0.2) is 55.1 Å².